The summed E-state index contributed by atoms with van der Waals surface area (Å²) in [4.78, 5) is 22.3. The summed E-state index contributed by atoms with van der Waals surface area (Å²) in [6, 6.07) is 15.3. The lowest BCUT2D eigenvalue weighted by atomic mass is 10.2. The average molecular weight is 456 g/mol. The molecule has 2 aromatic heterocycles. The molecular formula is C22H18ClN3O2S2. The van der Waals surface area contributed by atoms with Crippen LogP contribution in [0.5, 0.6) is 5.75 Å². The van der Waals surface area contributed by atoms with Crippen LogP contribution in [0.1, 0.15) is 25.9 Å². The van der Waals surface area contributed by atoms with Gasteiger partial charge >= 0.3 is 0 Å². The lowest BCUT2D eigenvalue weighted by Gasteiger charge is -2.04. The van der Waals surface area contributed by atoms with Crippen LogP contribution in [-0.2, 0) is 6.61 Å². The van der Waals surface area contributed by atoms with Crippen molar-refractivity contribution < 1.29 is 9.53 Å². The maximum atomic E-state index is 12.7. The predicted octanol–water partition coefficient (Wildman–Crippen LogP) is 6.37. The van der Waals surface area contributed by atoms with Crippen molar-refractivity contribution in [1.82, 2.24) is 9.97 Å². The van der Waals surface area contributed by atoms with E-state index in [0.717, 1.165) is 27.6 Å². The Kier molecular flexibility index (Phi) is 6.13. The predicted molar refractivity (Wildman–Crippen MR) is 123 cm³/mol. The van der Waals surface area contributed by atoms with Crippen LogP contribution in [0.3, 0.4) is 0 Å². The first-order chi connectivity index (χ1) is 14.5. The van der Waals surface area contributed by atoms with Crippen LogP contribution in [0.25, 0.3) is 11.3 Å². The fraction of sp³-hybridized carbons (Fsp3) is 0.136. The molecule has 0 aliphatic carbocycles. The van der Waals surface area contributed by atoms with Gasteiger partial charge in [-0.15, -0.1) is 22.7 Å². The number of amides is 1. The highest BCUT2D eigenvalue weighted by atomic mass is 35.5. The van der Waals surface area contributed by atoms with E-state index in [1.165, 1.54) is 22.7 Å². The molecule has 2 heterocycles. The van der Waals surface area contributed by atoms with Gasteiger partial charge in [0.2, 0.25) is 0 Å². The first-order valence-corrected chi connectivity index (χ1v) is 11.2. The van der Waals surface area contributed by atoms with Gasteiger partial charge in [-0.2, -0.15) is 0 Å². The molecule has 4 rings (SSSR count). The third-order valence-corrected chi connectivity index (χ3v) is 6.40. The van der Waals surface area contributed by atoms with Gasteiger partial charge in [0.1, 0.15) is 22.2 Å². The zero-order valence-corrected chi connectivity index (χ0v) is 18.7. The lowest BCUT2D eigenvalue weighted by Crippen LogP contribution is -2.11. The smallest absolute Gasteiger partial charge is 0.269 e. The van der Waals surface area contributed by atoms with Gasteiger partial charge in [-0.1, -0.05) is 35.9 Å². The zero-order valence-electron chi connectivity index (χ0n) is 16.3. The van der Waals surface area contributed by atoms with Gasteiger partial charge in [-0.3, -0.25) is 10.1 Å². The summed E-state index contributed by atoms with van der Waals surface area (Å²) >= 11 is 8.64. The fourth-order valence-corrected chi connectivity index (χ4v) is 4.53. The van der Waals surface area contributed by atoms with E-state index in [1.54, 1.807) is 0 Å². The molecule has 0 spiro atoms. The maximum Gasteiger partial charge on any atom is 0.269 e. The molecule has 30 heavy (non-hydrogen) atoms. The SMILES string of the molecule is Cc1cccc(OCc2nc(C)c(C(=O)Nc3nc(-c4ccc(Cl)cc4)cs3)s2)c1. The summed E-state index contributed by atoms with van der Waals surface area (Å²) in [5, 5.41) is 6.73. The number of aryl methyl sites for hydroxylation is 2. The molecular weight excluding hydrogens is 438 g/mol. The van der Waals surface area contributed by atoms with Gasteiger partial charge in [0.15, 0.2) is 5.13 Å². The summed E-state index contributed by atoms with van der Waals surface area (Å²) in [5.41, 5.74) is 3.54. The number of nitrogens with zero attached hydrogens (tertiary/aromatic N) is 2. The second-order valence-electron chi connectivity index (χ2n) is 6.63. The largest absolute Gasteiger partial charge is 0.486 e. The first kappa shape index (κ1) is 20.5. The Bertz CT molecular complexity index is 1190. The minimum Gasteiger partial charge on any atom is -0.486 e. The molecule has 4 aromatic rings. The minimum atomic E-state index is -0.219. The standard InChI is InChI=1S/C22H18ClN3O2S2/c1-13-4-3-5-17(10-13)28-11-19-24-14(2)20(30-19)21(27)26-22-25-18(12-29-22)15-6-8-16(23)9-7-15/h3-10,12H,11H2,1-2H3,(H,25,26,27). The molecule has 0 unspecified atom stereocenters. The van der Waals surface area contributed by atoms with Crippen LogP contribution < -0.4 is 10.1 Å². The number of nitrogens with one attached hydrogen (secondary N) is 1. The quantitative estimate of drug-likeness (QED) is 0.367. The lowest BCUT2D eigenvalue weighted by molar-refractivity contribution is 0.103. The number of hydrogen-bond acceptors (Lipinski definition) is 6. The Hall–Kier alpha value is -2.74. The van der Waals surface area contributed by atoms with Gasteiger partial charge in [0.25, 0.3) is 5.91 Å². The second kappa shape index (κ2) is 8.95. The van der Waals surface area contributed by atoms with Crippen LogP contribution in [0.15, 0.2) is 53.9 Å². The van der Waals surface area contributed by atoms with Crippen LogP contribution in [0.4, 0.5) is 5.13 Å². The molecule has 2 aromatic carbocycles. The Morgan fingerprint density at radius 2 is 1.93 bits per heavy atom. The zero-order chi connectivity index (χ0) is 21.1. The molecule has 0 radical (unpaired) electrons. The Morgan fingerprint density at radius 3 is 2.70 bits per heavy atom. The summed E-state index contributed by atoms with van der Waals surface area (Å²) in [6.45, 7) is 4.16. The van der Waals surface area contributed by atoms with Crippen molar-refractivity contribution in [2.45, 2.75) is 20.5 Å². The van der Waals surface area contributed by atoms with Crippen molar-refractivity contribution in [3.8, 4) is 17.0 Å². The minimum absolute atomic E-state index is 0.219. The molecule has 0 fully saturated rings. The Labute approximate surface area is 187 Å². The fourth-order valence-electron chi connectivity index (χ4n) is 2.81. The van der Waals surface area contributed by atoms with Crippen LogP contribution in [-0.4, -0.2) is 15.9 Å². The van der Waals surface area contributed by atoms with Gasteiger partial charge in [0, 0.05) is 16.0 Å². The van der Waals surface area contributed by atoms with Crippen molar-refractivity contribution in [3.05, 3.63) is 80.1 Å². The average Bonchev–Trinajstić information content (AvgIpc) is 3.33. The van der Waals surface area contributed by atoms with Gasteiger partial charge < -0.3 is 4.74 Å². The molecule has 0 saturated heterocycles. The van der Waals surface area contributed by atoms with E-state index in [9.17, 15) is 4.79 Å². The van der Waals surface area contributed by atoms with E-state index < -0.39 is 0 Å². The highest BCUT2D eigenvalue weighted by Gasteiger charge is 2.17. The molecule has 5 nitrogen and oxygen atoms in total. The molecule has 0 bridgehead atoms. The third-order valence-electron chi connectivity index (χ3n) is 4.26. The molecule has 8 heteroatoms. The summed E-state index contributed by atoms with van der Waals surface area (Å²) in [6.07, 6.45) is 0. The maximum absolute atomic E-state index is 12.7. The third kappa shape index (κ3) is 4.87. The van der Waals surface area contributed by atoms with Crippen LogP contribution in [0.2, 0.25) is 5.02 Å². The van der Waals surface area contributed by atoms with E-state index in [-0.39, 0.29) is 5.91 Å². The van der Waals surface area contributed by atoms with E-state index in [1.807, 2.05) is 67.8 Å². The van der Waals surface area contributed by atoms with E-state index in [0.29, 0.717) is 27.3 Å². The van der Waals surface area contributed by atoms with E-state index in [2.05, 4.69) is 15.3 Å². The number of rotatable bonds is 6. The number of anilines is 1. The number of halogens is 1. The monoisotopic (exact) mass is 455 g/mol. The van der Waals surface area contributed by atoms with Crippen LogP contribution >= 0.6 is 34.3 Å². The Balaban J connectivity index is 1.42. The summed E-state index contributed by atoms with van der Waals surface area (Å²) in [7, 11) is 0. The number of ether oxygens (including phenoxy) is 1. The van der Waals surface area contributed by atoms with Gasteiger partial charge in [0.05, 0.1) is 11.4 Å². The number of hydrogen-bond donors (Lipinski definition) is 1. The van der Waals surface area contributed by atoms with Crippen molar-refractivity contribution in [2.75, 3.05) is 5.32 Å². The molecule has 1 amide bonds. The van der Waals surface area contributed by atoms with E-state index in [4.69, 9.17) is 16.3 Å². The van der Waals surface area contributed by atoms with Gasteiger partial charge in [-0.25, -0.2) is 9.97 Å². The highest BCUT2D eigenvalue weighted by Crippen LogP contribution is 2.27. The number of benzene rings is 2. The molecule has 0 atom stereocenters. The van der Waals surface area contributed by atoms with Crippen molar-refractivity contribution in [1.29, 1.82) is 0 Å². The van der Waals surface area contributed by atoms with Gasteiger partial charge in [-0.05, 0) is 43.7 Å². The second-order valence-corrected chi connectivity index (χ2v) is 9.00. The summed E-state index contributed by atoms with van der Waals surface area (Å²) in [5.74, 6) is 0.565. The van der Waals surface area contributed by atoms with Crippen molar-refractivity contribution in [2.24, 2.45) is 0 Å². The topological polar surface area (TPSA) is 64.1 Å². The first-order valence-electron chi connectivity index (χ1n) is 9.16. The molecule has 0 aliphatic heterocycles. The van der Waals surface area contributed by atoms with E-state index >= 15 is 0 Å². The van der Waals surface area contributed by atoms with Crippen molar-refractivity contribution in [3.63, 3.8) is 0 Å². The number of thiazole rings is 2. The Morgan fingerprint density at radius 1 is 1.13 bits per heavy atom. The molecule has 152 valence electrons. The van der Waals surface area contributed by atoms with Crippen LogP contribution in [0, 0.1) is 13.8 Å². The normalized spacial score (nSPS) is 10.8. The number of aromatic nitrogens is 2. The van der Waals surface area contributed by atoms with Crippen molar-refractivity contribution >= 4 is 45.3 Å². The summed E-state index contributed by atoms with van der Waals surface area (Å²) < 4.78 is 5.80. The highest BCUT2D eigenvalue weighted by molar-refractivity contribution is 7.15. The molecule has 0 saturated carbocycles. The molecule has 1 N–H and O–H groups in total. The molecule has 0 aliphatic rings. The number of carbonyl (C=O) groups is 1. The number of carbonyl (C=O) groups excluding carboxylic acids is 1.